The van der Waals surface area contributed by atoms with E-state index >= 15 is 0 Å². The zero-order valence-corrected chi connectivity index (χ0v) is 22.6. The Morgan fingerprint density at radius 1 is 0.786 bits per heavy atom. The SMILES string of the molecule is CC(=O)n1c([C@@]2(O)O[C@H](CO)[C@@H](O)[C@H](O)[C@]2(O)C(C)=O)cc2c([C@@]3(O)O[C@H](CO)[C@@H](O)[C@H](O)[C@]3(O)C(C)=O)cccc21. The third-order valence-corrected chi connectivity index (χ3v) is 8.25. The van der Waals surface area contributed by atoms with E-state index in [1.165, 1.54) is 12.1 Å². The van der Waals surface area contributed by atoms with Crippen LogP contribution in [-0.4, -0.2) is 134 Å². The highest BCUT2D eigenvalue weighted by Gasteiger charge is 2.69. The van der Waals surface area contributed by atoms with Crippen molar-refractivity contribution in [2.45, 2.75) is 80.2 Å². The Balaban J connectivity index is 2.10. The number of ketones is 2. The first-order valence-corrected chi connectivity index (χ1v) is 12.8. The van der Waals surface area contributed by atoms with Gasteiger partial charge < -0.3 is 60.5 Å². The molecule has 0 radical (unpaired) electrons. The number of Topliss-reactive ketones (excluding diaryl/α,β-unsaturated/α-hetero) is 2. The molecule has 0 spiro atoms. The van der Waals surface area contributed by atoms with E-state index in [0.29, 0.717) is 4.57 Å². The normalized spacial score (nSPS) is 40.7. The van der Waals surface area contributed by atoms with Gasteiger partial charge in [-0.05, 0) is 26.0 Å². The summed E-state index contributed by atoms with van der Waals surface area (Å²) in [6.07, 6.45) is -12.5. The Kier molecular flexibility index (Phi) is 8.03. The second kappa shape index (κ2) is 10.5. The van der Waals surface area contributed by atoms with Crippen LogP contribution in [0.25, 0.3) is 10.9 Å². The number of aliphatic hydroxyl groups excluding tert-OH is 6. The van der Waals surface area contributed by atoms with Gasteiger partial charge in [-0.1, -0.05) is 12.1 Å². The molecule has 2 aliphatic heterocycles. The van der Waals surface area contributed by atoms with Gasteiger partial charge in [0.25, 0.3) is 0 Å². The summed E-state index contributed by atoms with van der Waals surface area (Å²) in [5.74, 6) is -10.1. The highest BCUT2D eigenvalue weighted by molar-refractivity contribution is 5.97. The van der Waals surface area contributed by atoms with Gasteiger partial charge in [-0.3, -0.25) is 19.0 Å². The summed E-state index contributed by atoms with van der Waals surface area (Å²) < 4.78 is 11.5. The van der Waals surface area contributed by atoms with E-state index in [2.05, 4.69) is 0 Å². The van der Waals surface area contributed by atoms with Crippen molar-refractivity contribution in [3.05, 3.63) is 35.5 Å². The van der Waals surface area contributed by atoms with Gasteiger partial charge in [0, 0.05) is 17.9 Å². The summed E-state index contributed by atoms with van der Waals surface area (Å²) in [4.78, 5) is 38.3. The maximum atomic E-state index is 13.0. The van der Waals surface area contributed by atoms with E-state index in [0.717, 1.165) is 32.9 Å². The minimum Gasteiger partial charge on any atom is -0.394 e. The minimum atomic E-state index is -3.36. The molecule has 1 aromatic heterocycles. The van der Waals surface area contributed by atoms with Gasteiger partial charge in [-0.25, -0.2) is 0 Å². The van der Waals surface area contributed by atoms with Crippen LogP contribution < -0.4 is 0 Å². The van der Waals surface area contributed by atoms with Crippen molar-refractivity contribution in [3.63, 3.8) is 0 Å². The summed E-state index contributed by atoms with van der Waals surface area (Å²) in [6.45, 7) is 0.503. The van der Waals surface area contributed by atoms with Crippen LogP contribution in [0.5, 0.6) is 0 Å². The fourth-order valence-electron chi connectivity index (χ4n) is 5.88. The van der Waals surface area contributed by atoms with Gasteiger partial charge in [-0.2, -0.15) is 0 Å². The Morgan fingerprint density at radius 3 is 1.67 bits per heavy atom. The lowest BCUT2D eigenvalue weighted by molar-refractivity contribution is -0.385. The van der Waals surface area contributed by atoms with Crippen LogP contribution in [0, 0.1) is 0 Å². The molecular formula is C26H33NO15. The summed E-state index contributed by atoms with van der Waals surface area (Å²) >= 11 is 0. The van der Waals surface area contributed by atoms with Crippen LogP contribution in [0.15, 0.2) is 24.3 Å². The molecule has 2 aromatic rings. The molecule has 16 nitrogen and oxygen atoms in total. The van der Waals surface area contributed by atoms with Gasteiger partial charge in [-0.15, -0.1) is 0 Å². The van der Waals surface area contributed by atoms with Crippen molar-refractivity contribution in [1.82, 2.24) is 4.57 Å². The predicted molar refractivity (Wildman–Crippen MR) is 135 cm³/mol. The molecule has 0 bridgehead atoms. The number of aromatic nitrogens is 1. The first kappa shape index (κ1) is 32.2. The number of nitrogens with zero attached hydrogens (tertiary/aromatic N) is 1. The highest BCUT2D eigenvalue weighted by atomic mass is 16.7. The predicted octanol–water partition coefficient (Wildman–Crippen LogP) is -4.54. The van der Waals surface area contributed by atoms with E-state index in [-0.39, 0.29) is 10.9 Å². The molecule has 16 heteroatoms. The molecule has 10 atom stereocenters. The van der Waals surface area contributed by atoms with Crippen LogP contribution in [0.2, 0.25) is 0 Å². The molecule has 10 N–H and O–H groups in total. The summed E-state index contributed by atoms with van der Waals surface area (Å²) in [7, 11) is 0. The number of rotatable bonds is 6. The fraction of sp³-hybridized carbons (Fsp3) is 0.577. The number of aliphatic hydroxyl groups is 10. The lowest BCUT2D eigenvalue weighted by atomic mass is 9.73. The quantitative estimate of drug-likeness (QED) is 0.150. The Morgan fingerprint density at radius 2 is 1.24 bits per heavy atom. The standard InChI is InChI=1S/C26H33NO15/c1-10(30)23(37)21(35)19(33)16(8-28)41-25(23,39)14-5-4-6-15-13(14)7-18(27(15)12(3)32)26(40)24(38,11(2)31)22(36)20(34)17(9-29)42-26/h4-7,16-17,19-22,28-29,33-40H,8-9H2,1-3H3/t16-,17-,19-,20-,21+,22+,23-,24-,25-,26-/m1/s1. The van der Waals surface area contributed by atoms with E-state index in [1.807, 2.05) is 0 Å². The van der Waals surface area contributed by atoms with E-state index in [9.17, 15) is 65.4 Å². The molecule has 42 heavy (non-hydrogen) atoms. The molecule has 2 aliphatic rings. The van der Waals surface area contributed by atoms with Crippen molar-refractivity contribution in [3.8, 4) is 0 Å². The third-order valence-electron chi connectivity index (χ3n) is 8.25. The molecule has 0 aliphatic carbocycles. The molecule has 232 valence electrons. The summed E-state index contributed by atoms with van der Waals surface area (Å²) in [5.41, 5.74) is -8.15. The molecule has 4 rings (SSSR count). The Bertz CT molecular complexity index is 1430. The van der Waals surface area contributed by atoms with Gasteiger partial charge >= 0.3 is 0 Å². The average Bonchev–Trinajstić information content (AvgIpc) is 3.35. The zero-order chi connectivity index (χ0) is 31.7. The second-order valence-electron chi connectivity index (χ2n) is 10.6. The third kappa shape index (κ3) is 3.97. The van der Waals surface area contributed by atoms with Crippen LogP contribution in [0.1, 0.15) is 36.8 Å². The monoisotopic (exact) mass is 599 g/mol. The number of hydrogen-bond donors (Lipinski definition) is 10. The largest absolute Gasteiger partial charge is 0.394 e. The smallest absolute Gasteiger partial charge is 0.248 e. The van der Waals surface area contributed by atoms with Crippen LogP contribution in [0.4, 0.5) is 0 Å². The first-order valence-electron chi connectivity index (χ1n) is 12.8. The number of hydrogen-bond acceptors (Lipinski definition) is 15. The molecule has 3 heterocycles. The van der Waals surface area contributed by atoms with Crippen molar-refractivity contribution in [1.29, 1.82) is 0 Å². The molecule has 0 saturated carbocycles. The van der Waals surface area contributed by atoms with Crippen LogP contribution in [0.3, 0.4) is 0 Å². The van der Waals surface area contributed by atoms with Crippen LogP contribution in [-0.2, 0) is 30.6 Å². The number of benzene rings is 1. The molecular weight excluding hydrogens is 566 g/mol. The molecule has 2 saturated heterocycles. The number of carbonyl (C=O) groups excluding carboxylic acids is 3. The Hall–Kier alpha value is -2.71. The van der Waals surface area contributed by atoms with Gasteiger partial charge in [0.1, 0.15) is 36.6 Å². The van der Waals surface area contributed by atoms with Gasteiger partial charge in [0.2, 0.25) is 28.7 Å². The van der Waals surface area contributed by atoms with Gasteiger partial charge in [0.15, 0.2) is 11.6 Å². The Labute approximate surface area is 237 Å². The van der Waals surface area contributed by atoms with E-state index in [4.69, 9.17) is 9.47 Å². The number of carbonyl (C=O) groups is 3. The van der Waals surface area contributed by atoms with Crippen LogP contribution >= 0.6 is 0 Å². The maximum absolute atomic E-state index is 13.0. The van der Waals surface area contributed by atoms with Gasteiger partial charge in [0.05, 0.1) is 24.4 Å². The first-order chi connectivity index (χ1) is 19.4. The van der Waals surface area contributed by atoms with E-state index in [1.54, 1.807) is 0 Å². The highest BCUT2D eigenvalue weighted by Crippen LogP contribution is 2.49. The average molecular weight is 600 g/mol. The van der Waals surface area contributed by atoms with Crippen molar-refractivity contribution in [2.75, 3.05) is 13.2 Å². The van der Waals surface area contributed by atoms with Crippen molar-refractivity contribution < 1.29 is 74.9 Å². The number of ether oxygens (including phenoxy) is 2. The maximum Gasteiger partial charge on any atom is 0.248 e. The molecule has 2 fully saturated rings. The molecule has 0 unspecified atom stereocenters. The number of fused-ring (bicyclic) bond motifs is 1. The minimum absolute atomic E-state index is 0.219. The van der Waals surface area contributed by atoms with E-state index < -0.39 is 101 Å². The summed E-state index contributed by atoms with van der Waals surface area (Å²) in [6, 6.07) is 4.41. The fourth-order valence-corrected chi connectivity index (χ4v) is 5.88. The summed E-state index contributed by atoms with van der Waals surface area (Å²) in [5, 5.41) is 108. The molecule has 1 aromatic carbocycles. The topological polar surface area (TPSA) is 277 Å². The van der Waals surface area contributed by atoms with Crippen molar-refractivity contribution in [2.24, 2.45) is 0 Å². The van der Waals surface area contributed by atoms with Crippen molar-refractivity contribution >= 4 is 28.4 Å². The lowest BCUT2D eigenvalue weighted by Crippen LogP contribution is -2.74. The zero-order valence-electron chi connectivity index (χ0n) is 22.6. The lowest BCUT2D eigenvalue weighted by Gasteiger charge is -2.52. The second-order valence-corrected chi connectivity index (χ2v) is 10.6. The molecule has 0 amide bonds.